The van der Waals surface area contributed by atoms with Crippen molar-refractivity contribution in [2.24, 2.45) is 5.92 Å². The zero-order valence-corrected chi connectivity index (χ0v) is 15.2. The van der Waals surface area contributed by atoms with Crippen LogP contribution in [0.4, 0.5) is 0 Å². The number of rotatable bonds is 4. The monoisotopic (exact) mass is 368 g/mol. The highest BCUT2D eigenvalue weighted by Crippen LogP contribution is 2.33. The first kappa shape index (κ1) is 16.1. The standard InChI is InChI=1S/C18H26BrNO2/c1-21-17-11-18(22-2)15(19)10-14(17)12-20-9-5-7-13-6-3-4-8-16(13)20/h10-11,13,16H,3-9,12H2,1-2H3/p+1/t13-,16+/m1/s1. The number of nitrogens with one attached hydrogen (secondary N) is 1. The molecule has 0 amide bonds. The maximum absolute atomic E-state index is 5.61. The topological polar surface area (TPSA) is 22.9 Å². The fourth-order valence-corrected chi connectivity index (χ4v) is 4.94. The summed E-state index contributed by atoms with van der Waals surface area (Å²) >= 11 is 3.61. The number of methoxy groups -OCH3 is 2. The van der Waals surface area contributed by atoms with Gasteiger partial charge in [0.2, 0.25) is 0 Å². The molecule has 1 saturated heterocycles. The van der Waals surface area contributed by atoms with Gasteiger partial charge in [-0.1, -0.05) is 6.42 Å². The molecular weight excluding hydrogens is 342 g/mol. The second-order valence-electron chi connectivity index (χ2n) is 6.68. The summed E-state index contributed by atoms with van der Waals surface area (Å²) < 4.78 is 12.0. The van der Waals surface area contributed by atoms with E-state index in [1.54, 1.807) is 19.1 Å². The lowest BCUT2D eigenvalue weighted by molar-refractivity contribution is -0.949. The fourth-order valence-electron chi connectivity index (χ4n) is 4.39. The number of fused-ring (bicyclic) bond motifs is 1. The van der Waals surface area contributed by atoms with Gasteiger partial charge in [0.05, 0.1) is 31.3 Å². The number of likely N-dealkylation sites (tertiary alicyclic amines) is 1. The Morgan fingerprint density at radius 3 is 2.55 bits per heavy atom. The van der Waals surface area contributed by atoms with E-state index in [1.807, 2.05) is 6.07 Å². The summed E-state index contributed by atoms with van der Waals surface area (Å²) in [4.78, 5) is 1.76. The summed E-state index contributed by atoms with van der Waals surface area (Å²) in [5.74, 6) is 2.74. The molecule has 3 atom stereocenters. The second-order valence-corrected chi connectivity index (χ2v) is 7.53. The number of ether oxygens (including phenoxy) is 2. The third-order valence-electron chi connectivity index (χ3n) is 5.48. The molecule has 2 fully saturated rings. The van der Waals surface area contributed by atoms with Gasteiger partial charge in [-0.15, -0.1) is 0 Å². The van der Waals surface area contributed by atoms with Crippen LogP contribution in [0.2, 0.25) is 0 Å². The molecule has 122 valence electrons. The van der Waals surface area contributed by atoms with Gasteiger partial charge in [0.25, 0.3) is 0 Å². The molecule has 3 rings (SSSR count). The zero-order chi connectivity index (χ0) is 15.5. The average Bonchev–Trinajstić information content (AvgIpc) is 2.55. The lowest BCUT2D eigenvalue weighted by atomic mass is 9.78. The minimum absolute atomic E-state index is 0.838. The second kappa shape index (κ2) is 7.22. The van der Waals surface area contributed by atoms with Gasteiger partial charge < -0.3 is 14.4 Å². The molecule has 1 aromatic rings. The quantitative estimate of drug-likeness (QED) is 0.881. The minimum atomic E-state index is 0.838. The summed E-state index contributed by atoms with van der Waals surface area (Å²) in [6.45, 7) is 2.36. The van der Waals surface area contributed by atoms with E-state index in [4.69, 9.17) is 9.47 Å². The van der Waals surface area contributed by atoms with Crippen LogP contribution in [0.5, 0.6) is 11.5 Å². The molecule has 3 nitrogen and oxygen atoms in total. The molecule has 1 N–H and O–H groups in total. The van der Waals surface area contributed by atoms with Crippen LogP contribution in [0.1, 0.15) is 44.1 Å². The SMILES string of the molecule is COc1cc(OC)c(C[NH+]2CCC[C@H]3CCCC[C@@H]32)cc1Br. The predicted octanol–water partition coefficient (Wildman–Crippen LogP) is 3.20. The third kappa shape index (κ3) is 3.28. The van der Waals surface area contributed by atoms with Crippen molar-refractivity contribution in [2.75, 3.05) is 20.8 Å². The molecule has 0 bridgehead atoms. The van der Waals surface area contributed by atoms with Crippen molar-refractivity contribution in [3.63, 3.8) is 0 Å². The lowest BCUT2D eigenvalue weighted by Gasteiger charge is -2.41. The Bertz CT molecular complexity index is 518. The van der Waals surface area contributed by atoms with E-state index >= 15 is 0 Å². The molecule has 1 heterocycles. The van der Waals surface area contributed by atoms with E-state index in [0.717, 1.165) is 34.5 Å². The van der Waals surface area contributed by atoms with Crippen molar-refractivity contribution in [2.45, 2.75) is 51.1 Å². The Hall–Kier alpha value is -0.740. The maximum atomic E-state index is 5.61. The van der Waals surface area contributed by atoms with E-state index < -0.39 is 0 Å². The summed E-state index contributed by atoms with van der Waals surface area (Å²) in [6, 6.07) is 5.03. The Kier molecular flexibility index (Phi) is 5.29. The number of piperidine rings is 1. The lowest BCUT2D eigenvalue weighted by Crippen LogP contribution is -3.16. The van der Waals surface area contributed by atoms with E-state index in [2.05, 4.69) is 22.0 Å². The summed E-state index contributed by atoms with van der Waals surface area (Å²) in [6.07, 6.45) is 8.50. The molecule has 1 aliphatic heterocycles. The zero-order valence-electron chi connectivity index (χ0n) is 13.7. The first-order valence-electron chi connectivity index (χ1n) is 8.48. The van der Waals surface area contributed by atoms with Crippen LogP contribution in [0.25, 0.3) is 0 Å². The maximum Gasteiger partial charge on any atom is 0.136 e. The third-order valence-corrected chi connectivity index (χ3v) is 6.10. The Morgan fingerprint density at radius 1 is 1.05 bits per heavy atom. The summed E-state index contributed by atoms with van der Waals surface area (Å²) in [7, 11) is 3.45. The van der Waals surface area contributed by atoms with Gasteiger partial charge >= 0.3 is 0 Å². The molecule has 0 aromatic heterocycles. The Morgan fingerprint density at radius 2 is 1.77 bits per heavy atom. The molecular formula is C18H27BrNO2+. The largest absolute Gasteiger partial charge is 0.496 e. The van der Waals surface area contributed by atoms with Crippen LogP contribution in [0.3, 0.4) is 0 Å². The number of hydrogen-bond donors (Lipinski definition) is 1. The van der Waals surface area contributed by atoms with Crippen LogP contribution >= 0.6 is 15.9 Å². The molecule has 0 radical (unpaired) electrons. The van der Waals surface area contributed by atoms with Crippen molar-refractivity contribution in [1.29, 1.82) is 0 Å². The molecule has 1 unspecified atom stereocenters. The minimum Gasteiger partial charge on any atom is -0.496 e. The highest BCUT2D eigenvalue weighted by atomic mass is 79.9. The molecule has 1 aromatic carbocycles. The van der Waals surface area contributed by atoms with Crippen molar-refractivity contribution >= 4 is 15.9 Å². The first-order chi connectivity index (χ1) is 10.7. The van der Waals surface area contributed by atoms with Crippen LogP contribution in [-0.4, -0.2) is 26.8 Å². The van der Waals surface area contributed by atoms with E-state index in [9.17, 15) is 0 Å². The average molecular weight is 369 g/mol. The van der Waals surface area contributed by atoms with E-state index in [-0.39, 0.29) is 0 Å². The van der Waals surface area contributed by atoms with Gasteiger partial charge in [0.1, 0.15) is 18.0 Å². The molecule has 1 saturated carbocycles. The fraction of sp³-hybridized carbons (Fsp3) is 0.667. The van der Waals surface area contributed by atoms with Gasteiger partial charge in [-0.3, -0.25) is 0 Å². The Balaban J connectivity index is 1.80. The summed E-state index contributed by atoms with van der Waals surface area (Å²) in [5, 5.41) is 0. The van der Waals surface area contributed by atoms with Crippen molar-refractivity contribution < 1.29 is 14.4 Å². The predicted molar refractivity (Wildman–Crippen MR) is 91.8 cm³/mol. The van der Waals surface area contributed by atoms with Gasteiger partial charge in [0.15, 0.2) is 0 Å². The molecule has 0 spiro atoms. The van der Waals surface area contributed by atoms with Gasteiger partial charge in [0, 0.05) is 17.5 Å². The molecule has 2 aliphatic rings. The van der Waals surface area contributed by atoms with Gasteiger partial charge in [-0.2, -0.15) is 0 Å². The highest BCUT2D eigenvalue weighted by molar-refractivity contribution is 9.10. The smallest absolute Gasteiger partial charge is 0.136 e. The number of quaternary nitrogens is 1. The van der Waals surface area contributed by atoms with Crippen molar-refractivity contribution in [1.82, 2.24) is 0 Å². The van der Waals surface area contributed by atoms with Gasteiger partial charge in [-0.05, 0) is 54.1 Å². The summed E-state index contributed by atoms with van der Waals surface area (Å²) in [5.41, 5.74) is 1.29. The normalized spacial score (nSPS) is 28.0. The van der Waals surface area contributed by atoms with E-state index in [1.165, 1.54) is 50.6 Å². The highest BCUT2D eigenvalue weighted by Gasteiger charge is 2.36. The van der Waals surface area contributed by atoms with Crippen LogP contribution in [-0.2, 0) is 6.54 Å². The van der Waals surface area contributed by atoms with Crippen LogP contribution in [0, 0.1) is 5.92 Å². The molecule has 22 heavy (non-hydrogen) atoms. The number of benzene rings is 1. The number of halogens is 1. The van der Waals surface area contributed by atoms with Crippen LogP contribution < -0.4 is 14.4 Å². The molecule has 1 aliphatic carbocycles. The van der Waals surface area contributed by atoms with Gasteiger partial charge in [-0.25, -0.2) is 0 Å². The van der Waals surface area contributed by atoms with Crippen molar-refractivity contribution in [3.8, 4) is 11.5 Å². The number of hydrogen-bond acceptors (Lipinski definition) is 2. The van der Waals surface area contributed by atoms with Crippen molar-refractivity contribution in [3.05, 3.63) is 22.2 Å². The van der Waals surface area contributed by atoms with E-state index in [0.29, 0.717) is 0 Å². The van der Waals surface area contributed by atoms with Crippen LogP contribution in [0.15, 0.2) is 16.6 Å². The first-order valence-corrected chi connectivity index (χ1v) is 9.27. The molecule has 4 heteroatoms. The Labute approximate surface area is 142 Å².